The Morgan fingerprint density at radius 3 is 1.64 bits per heavy atom. The van der Waals surface area contributed by atoms with Crippen molar-refractivity contribution in [3.05, 3.63) is 30.3 Å². The number of benzene rings is 1. The largest absolute Gasteiger partial charge is 0.281 e. The maximum Gasteiger partial charge on any atom is 0.266 e. The minimum atomic E-state index is -2.86. The van der Waals surface area contributed by atoms with Crippen molar-refractivity contribution < 1.29 is 4.57 Å². The van der Waals surface area contributed by atoms with E-state index in [1.807, 2.05) is 30.3 Å². The van der Waals surface area contributed by atoms with Gasteiger partial charge in [0.05, 0.1) is 0 Å². The first kappa shape index (κ1) is 16.2. The Morgan fingerprint density at radius 1 is 0.727 bits per heavy atom. The fourth-order valence-electron chi connectivity index (χ4n) is 3.16. The van der Waals surface area contributed by atoms with Crippen molar-refractivity contribution >= 4 is 12.7 Å². The first-order valence-corrected chi connectivity index (χ1v) is 10.2. The molecule has 2 saturated heterocycles. The summed E-state index contributed by atoms with van der Waals surface area (Å²) in [6.07, 6.45) is 7.23. The number of rotatable bonds is 5. The molecular weight excluding hydrogens is 295 g/mol. The molecular formula is C16H27N4OP. The number of nitrogens with one attached hydrogen (secondary N) is 2. The van der Waals surface area contributed by atoms with Crippen LogP contribution in [0.3, 0.4) is 0 Å². The quantitative estimate of drug-likeness (QED) is 0.816. The first-order valence-electron chi connectivity index (χ1n) is 8.48. The topological polar surface area (TPSA) is 47.6 Å². The summed E-state index contributed by atoms with van der Waals surface area (Å²) >= 11 is 0. The SMILES string of the molecule is O=P(NN1CCCCC1)(NN1CCCCC1)c1ccccc1. The third kappa shape index (κ3) is 4.18. The molecule has 0 saturated carbocycles. The maximum absolute atomic E-state index is 13.6. The fraction of sp³-hybridized carbons (Fsp3) is 0.625. The van der Waals surface area contributed by atoms with Crippen molar-refractivity contribution in [2.45, 2.75) is 38.5 Å². The molecule has 2 fully saturated rings. The van der Waals surface area contributed by atoms with E-state index in [1.54, 1.807) is 0 Å². The second kappa shape index (κ2) is 7.71. The van der Waals surface area contributed by atoms with Crippen molar-refractivity contribution in [1.82, 2.24) is 20.4 Å². The van der Waals surface area contributed by atoms with Gasteiger partial charge in [-0.2, -0.15) is 10.4 Å². The highest BCUT2D eigenvalue weighted by Gasteiger charge is 2.30. The Labute approximate surface area is 133 Å². The zero-order valence-corrected chi connectivity index (χ0v) is 14.1. The van der Waals surface area contributed by atoms with Crippen LogP contribution >= 0.6 is 7.44 Å². The van der Waals surface area contributed by atoms with Gasteiger partial charge < -0.3 is 0 Å². The Morgan fingerprint density at radius 2 is 1.18 bits per heavy atom. The van der Waals surface area contributed by atoms with Crippen molar-refractivity contribution in [3.63, 3.8) is 0 Å². The zero-order chi connectivity index (χ0) is 15.3. The molecule has 5 nitrogen and oxygen atoms in total. The molecule has 6 heteroatoms. The summed E-state index contributed by atoms with van der Waals surface area (Å²) in [5.74, 6) is 0. The molecule has 3 rings (SSSR count). The van der Waals surface area contributed by atoms with Gasteiger partial charge in [-0.1, -0.05) is 31.0 Å². The summed E-state index contributed by atoms with van der Waals surface area (Å²) < 4.78 is 13.6. The summed E-state index contributed by atoms with van der Waals surface area (Å²) in [6.45, 7) is 3.88. The monoisotopic (exact) mass is 322 g/mol. The number of hydrogen-bond acceptors (Lipinski definition) is 3. The molecule has 0 spiro atoms. The van der Waals surface area contributed by atoms with Crippen molar-refractivity contribution in [2.75, 3.05) is 26.2 Å². The predicted octanol–water partition coefficient (Wildman–Crippen LogP) is 2.49. The second-order valence-electron chi connectivity index (χ2n) is 6.24. The molecule has 0 atom stereocenters. The molecule has 0 amide bonds. The minimum Gasteiger partial charge on any atom is -0.281 e. The number of hydrazine groups is 2. The van der Waals surface area contributed by atoms with E-state index in [0.717, 1.165) is 31.5 Å². The molecule has 0 aromatic heterocycles. The lowest BCUT2D eigenvalue weighted by Gasteiger charge is -2.36. The van der Waals surface area contributed by atoms with E-state index in [1.165, 1.54) is 38.5 Å². The third-order valence-electron chi connectivity index (χ3n) is 4.40. The molecule has 0 unspecified atom stereocenters. The van der Waals surface area contributed by atoms with Crippen LogP contribution in [-0.2, 0) is 4.57 Å². The van der Waals surface area contributed by atoms with E-state index < -0.39 is 7.44 Å². The summed E-state index contributed by atoms with van der Waals surface area (Å²) in [6, 6.07) is 9.79. The molecule has 0 bridgehead atoms. The molecule has 1 aromatic rings. The van der Waals surface area contributed by atoms with E-state index in [4.69, 9.17) is 0 Å². The van der Waals surface area contributed by atoms with Gasteiger partial charge in [0.25, 0.3) is 7.44 Å². The van der Waals surface area contributed by atoms with Crippen LogP contribution in [0.5, 0.6) is 0 Å². The van der Waals surface area contributed by atoms with Gasteiger partial charge in [0.1, 0.15) is 0 Å². The minimum absolute atomic E-state index is 0.853. The molecule has 2 N–H and O–H groups in total. The Hall–Kier alpha value is -0.710. The smallest absolute Gasteiger partial charge is 0.266 e. The third-order valence-corrected chi connectivity index (χ3v) is 6.55. The van der Waals surface area contributed by atoms with E-state index in [-0.39, 0.29) is 0 Å². The lowest BCUT2D eigenvalue weighted by molar-refractivity contribution is 0.175. The molecule has 2 aliphatic rings. The molecule has 22 heavy (non-hydrogen) atoms. The van der Waals surface area contributed by atoms with Crippen molar-refractivity contribution in [2.24, 2.45) is 0 Å². The summed E-state index contributed by atoms with van der Waals surface area (Å²) in [7, 11) is -2.86. The van der Waals surface area contributed by atoms with Gasteiger partial charge in [-0.15, -0.1) is 0 Å². The highest BCUT2D eigenvalue weighted by atomic mass is 31.2. The van der Waals surface area contributed by atoms with Crippen LogP contribution in [0.1, 0.15) is 38.5 Å². The molecule has 2 aliphatic heterocycles. The predicted molar refractivity (Wildman–Crippen MR) is 90.8 cm³/mol. The van der Waals surface area contributed by atoms with Crippen LogP contribution in [0.2, 0.25) is 0 Å². The summed E-state index contributed by atoms with van der Waals surface area (Å²) in [4.78, 5) is 0. The van der Waals surface area contributed by atoms with Crippen molar-refractivity contribution in [1.29, 1.82) is 0 Å². The van der Waals surface area contributed by atoms with Crippen LogP contribution in [-0.4, -0.2) is 36.2 Å². The standard InChI is InChI=1S/C16H27N4OP/c21-22(16-10-4-1-5-11-16,17-19-12-6-2-7-13-19)18-20-14-8-3-9-15-20/h1,4-5,10-11H,2-3,6-9,12-15H2,(H2,17,18,21). The van der Waals surface area contributed by atoms with E-state index >= 15 is 0 Å². The van der Waals surface area contributed by atoms with Crippen LogP contribution in [0.4, 0.5) is 0 Å². The van der Waals surface area contributed by atoms with Crippen LogP contribution in [0.25, 0.3) is 0 Å². The summed E-state index contributed by atoms with van der Waals surface area (Å²) in [5.41, 5.74) is 0. The Balaban J connectivity index is 1.76. The zero-order valence-electron chi connectivity index (χ0n) is 13.2. The number of piperidine rings is 2. The molecule has 0 aliphatic carbocycles. The van der Waals surface area contributed by atoms with Crippen LogP contribution < -0.4 is 15.7 Å². The molecule has 2 heterocycles. The summed E-state index contributed by atoms with van der Waals surface area (Å²) in [5, 5.41) is 11.8. The number of hydrogen-bond donors (Lipinski definition) is 2. The second-order valence-corrected chi connectivity index (χ2v) is 8.38. The molecule has 122 valence electrons. The average molecular weight is 322 g/mol. The van der Waals surface area contributed by atoms with Gasteiger partial charge >= 0.3 is 0 Å². The normalized spacial score (nSPS) is 21.8. The van der Waals surface area contributed by atoms with Crippen molar-refractivity contribution in [3.8, 4) is 0 Å². The fourth-order valence-corrected chi connectivity index (χ4v) is 5.23. The number of nitrogens with zero attached hydrogens (tertiary/aromatic N) is 2. The van der Waals surface area contributed by atoms with Gasteiger partial charge in [0.2, 0.25) is 0 Å². The highest BCUT2D eigenvalue weighted by Crippen LogP contribution is 2.36. The maximum atomic E-state index is 13.6. The lowest BCUT2D eigenvalue weighted by Crippen LogP contribution is -2.49. The lowest BCUT2D eigenvalue weighted by atomic mass is 10.2. The van der Waals surface area contributed by atoms with Crippen LogP contribution in [0, 0.1) is 0 Å². The molecule has 0 radical (unpaired) electrons. The van der Waals surface area contributed by atoms with E-state index in [0.29, 0.717) is 0 Å². The average Bonchev–Trinajstić information content (AvgIpc) is 2.57. The van der Waals surface area contributed by atoms with Gasteiger partial charge in [0.15, 0.2) is 0 Å². The van der Waals surface area contributed by atoms with Gasteiger partial charge in [0, 0.05) is 31.5 Å². The van der Waals surface area contributed by atoms with E-state index in [2.05, 4.69) is 20.4 Å². The molecule has 1 aromatic carbocycles. The van der Waals surface area contributed by atoms with Gasteiger partial charge in [-0.25, -0.2) is 10.0 Å². The first-order chi connectivity index (χ1) is 10.8. The highest BCUT2D eigenvalue weighted by molar-refractivity contribution is 7.67. The Bertz CT molecular complexity index is 474. The van der Waals surface area contributed by atoms with Gasteiger partial charge in [-0.05, 0) is 37.8 Å². The van der Waals surface area contributed by atoms with Gasteiger partial charge in [-0.3, -0.25) is 4.57 Å². The van der Waals surface area contributed by atoms with Crippen LogP contribution in [0.15, 0.2) is 30.3 Å². The van der Waals surface area contributed by atoms with E-state index in [9.17, 15) is 4.57 Å². The Kier molecular flexibility index (Phi) is 5.66.